The van der Waals surface area contributed by atoms with Crippen molar-refractivity contribution in [1.29, 1.82) is 0 Å². The standard InChI is InChI=1S/C21H27ClN4O5S/c1-30-10-3-8-23-18(27)12-17-14-32-21(24-17)25-19(28)13-26(9-11-31-2)20(29)15-4-6-16(22)7-5-15/h4-7,14H,3,8-13H2,1-2H3,(H,23,27)(H,24,25,28). The molecule has 0 atom stereocenters. The third-order valence-corrected chi connectivity index (χ3v) is 5.32. The molecule has 0 radical (unpaired) electrons. The van der Waals surface area contributed by atoms with Crippen LogP contribution in [0.2, 0.25) is 5.02 Å². The van der Waals surface area contributed by atoms with Crippen LogP contribution in [-0.2, 0) is 25.5 Å². The number of aromatic nitrogens is 1. The molecule has 9 nitrogen and oxygen atoms in total. The topological polar surface area (TPSA) is 110 Å². The molecular weight excluding hydrogens is 456 g/mol. The van der Waals surface area contributed by atoms with Crippen LogP contribution in [0.4, 0.5) is 5.13 Å². The molecule has 0 aliphatic heterocycles. The minimum atomic E-state index is -0.395. The summed E-state index contributed by atoms with van der Waals surface area (Å²) in [5.41, 5.74) is 0.981. The lowest BCUT2D eigenvalue weighted by atomic mass is 10.2. The van der Waals surface area contributed by atoms with Crippen LogP contribution >= 0.6 is 22.9 Å². The zero-order valence-electron chi connectivity index (χ0n) is 18.1. The molecule has 0 bridgehead atoms. The van der Waals surface area contributed by atoms with Gasteiger partial charge in [0, 0.05) is 49.9 Å². The van der Waals surface area contributed by atoms with E-state index < -0.39 is 5.91 Å². The van der Waals surface area contributed by atoms with Crippen molar-refractivity contribution in [3.05, 3.63) is 45.9 Å². The van der Waals surface area contributed by atoms with Crippen LogP contribution in [-0.4, -0.2) is 74.7 Å². The first-order valence-electron chi connectivity index (χ1n) is 9.96. The van der Waals surface area contributed by atoms with Gasteiger partial charge in [0.25, 0.3) is 5.91 Å². The number of thiazole rings is 1. The zero-order valence-corrected chi connectivity index (χ0v) is 19.6. The number of nitrogens with zero attached hydrogens (tertiary/aromatic N) is 2. The maximum Gasteiger partial charge on any atom is 0.254 e. The van der Waals surface area contributed by atoms with Crippen molar-refractivity contribution in [2.24, 2.45) is 0 Å². The molecule has 0 fully saturated rings. The van der Waals surface area contributed by atoms with E-state index >= 15 is 0 Å². The molecule has 1 aromatic heterocycles. The van der Waals surface area contributed by atoms with Crippen molar-refractivity contribution < 1.29 is 23.9 Å². The fourth-order valence-electron chi connectivity index (χ4n) is 2.68. The first-order valence-corrected chi connectivity index (χ1v) is 11.2. The van der Waals surface area contributed by atoms with E-state index in [4.69, 9.17) is 21.1 Å². The van der Waals surface area contributed by atoms with E-state index in [1.165, 1.54) is 23.3 Å². The Morgan fingerprint density at radius 3 is 2.50 bits per heavy atom. The summed E-state index contributed by atoms with van der Waals surface area (Å²) in [5.74, 6) is -0.851. The number of carbonyl (C=O) groups excluding carboxylic acids is 3. The number of ether oxygens (including phenoxy) is 2. The maximum atomic E-state index is 12.8. The number of methoxy groups -OCH3 is 2. The highest BCUT2D eigenvalue weighted by atomic mass is 35.5. The van der Waals surface area contributed by atoms with Gasteiger partial charge in [-0.1, -0.05) is 11.6 Å². The van der Waals surface area contributed by atoms with Crippen molar-refractivity contribution in [1.82, 2.24) is 15.2 Å². The third kappa shape index (κ3) is 8.91. The van der Waals surface area contributed by atoms with Crippen molar-refractivity contribution >= 4 is 45.8 Å². The van der Waals surface area contributed by atoms with Gasteiger partial charge in [0.15, 0.2) is 5.13 Å². The van der Waals surface area contributed by atoms with Crippen LogP contribution in [0.3, 0.4) is 0 Å². The van der Waals surface area contributed by atoms with E-state index in [0.717, 1.165) is 6.42 Å². The number of nitrogens with one attached hydrogen (secondary N) is 2. The number of anilines is 1. The van der Waals surface area contributed by atoms with Crippen LogP contribution in [0.25, 0.3) is 0 Å². The van der Waals surface area contributed by atoms with Crippen LogP contribution in [0.15, 0.2) is 29.6 Å². The minimum absolute atomic E-state index is 0.119. The summed E-state index contributed by atoms with van der Waals surface area (Å²) < 4.78 is 9.99. The molecule has 0 saturated heterocycles. The van der Waals surface area contributed by atoms with E-state index in [9.17, 15) is 14.4 Å². The van der Waals surface area contributed by atoms with E-state index in [-0.39, 0.29) is 37.9 Å². The lowest BCUT2D eigenvalue weighted by molar-refractivity contribution is -0.120. The first kappa shape index (κ1) is 25.7. The molecular formula is C21H27ClN4O5S. The Morgan fingerprint density at radius 2 is 1.81 bits per heavy atom. The summed E-state index contributed by atoms with van der Waals surface area (Å²) in [5, 5.41) is 8.07. The monoisotopic (exact) mass is 482 g/mol. The quantitative estimate of drug-likeness (QED) is 0.424. The van der Waals surface area contributed by atoms with Gasteiger partial charge in [-0.05, 0) is 30.7 Å². The molecule has 174 valence electrons. The van der Waals surface area contributed by atoms with Crippen LogP contribution < -0.4 is 10.6 Å². The lowest BCUT2D eigenvalue weighted by Crippen LogP contribution is -2.40. The predicted molar refractivity (Wildman–Crippen MR) is 123 cm³/mol. The van der Waals surface area contributed by atoms with Gasteiger partial charge in [0.05, 0.1) is 18.7 Å². The summed E-state index contributed by atoms with van der Waals surface area (Å²) in [6.45, 7) is 1.47. The molecule has 11 heteroatoms. The summed E-state index contributed by atoms with van der Waals surface area (Å²) in [6.07, 6.45) is 0.850. The second kappa shape index (κ2) is 13.8. The van der Waals surface area contributed by atoms with Crippen LogP contribution in [0.5, 0.6) is 0 Å². The highest BCUT2D eigenvalue weighted by molar-refractivity contribution is 7.13. The number of benzene rings is 1. The molecule has 0 aliphatic rings. The maximum absolute atomic E-state index is 12.8. The zero-order chi connectivity index (χ0) is 23.3. The highest BCUT2D eigenvalue weighted by Crippen LogP contribution is 2.16. The molecule has 2 rings (SSSR count). The molecule has 0 spiro atoms. The number of amides is 3. The summed E-state index contributed by atoms with van der Waals surface area (Å²) in [7, 11) is 3.13. The molecule has 0 saturated carbocycles. The highest BCUT2D eigenvalue weighted by Gasteiger charge is 2.19. The number of hydrogen-bond acceptors (Lipinski definition) is 7. The van der Waals surface area contributed by atoms with E-state index in [1.807, 2.05) is 0 Å². The molecule has 0 aliphatic carbocycles. The van der Waals surface area contributed by atoms with Crippen molar-refractivity contribution in [2.75, 3.05) is 52.4 Å². The second-order valence-electron chi connectivity index (χ2n) is 6.79. The van der Waals surface area contributed by atoms with Gasteiger partial charge >= 0.3 is 0 Å². The average Bonchev–Trinajstić information content (AvgIpc) is 3.20. The second-order valence-corrected chi connectivity index (χ2v) is 8.09. The van der Waals surface area contributed by atoms with Gasteiger partial charge in [0.2, 0.25) is 11.8 Å². The Morgan fingerprint density at radius 1 is 1.09 bits per heavy atom. The average molecular weight is 483 g/mol. The first-order chi connectivity index (χ1) is 15.4. The largest absolute Gasteiger partial charge is 0.385 e. The van der Waals surface area contributed by atoms with Crippen molar-refractivity contribution in [3.8, 4) is 0 Å². The smallest absolute Gasteiger partial charge is 0.254 e. The van der Waals surface area contributed by atoms with E-state index in [1.54, 1.807) is 36.8 Å². The number of hydrogen-bond donors (Lipinski definition) is 2. The Hall–Kier alpha value is -2.53. The van der Waals surface area contributed by atoms with Crippen LogP contribution in [0, 0.1) is 0 Å². The number of rotatable bonds is 13. The SMILES string of the molecule is COCCCNC(=O)Cc1csc(NC(=O)CN(CCOC)C(=O)c2ccc(Cl)cc2)n1. The van der Waals surface area contributed by atoms with Gasteiger partial charge in [-0.15, -0.1) is 11.3 Å². The molecule has 32 heavy (non-hydrogen) atoms. The molecule has 2 aromatic rings. The summed E-state index contributed by atoms with van der Waals surface area (Å²) >= 11 is 7.10. The van der Waals surface area contributed by atoms with Crippen LogP contribution in [0.1, 0.15) is 22.5 Å². The van der Waals surface area contributed by atoms with Gasteiger partial charge in [-0.25, -0.2) is 4.98 Å². The van der Waals surface area contributed by atoms with E-state index in [2.05, 4.69) is 15.6 Å². The minimum Gasteiger partial charge on any atom is -0.385 e. The van der Waals surface area contributed by atoms with Gasteiger partial charge in [-0.3, -0.25) is 14.4 Å². The molecule has 3 amide bonds. The molecule has 1 heterocycles. The fraction of sp³-hybridized carbons (Fsp3) is 0.429. The molecule has 0 unspecified atom stereocenters. The Kier molecular flexibility index (Phi) is 11.1. The third-order valence-electron chi connectivity index (χ3n) is 4.27. The Labute approximate surface area is 196 Å². The van der Waals surface area contributed by atoms with E-state index in [0.29, 0.717) is 34.6 Å². The van der Waals surface area contributed by atoms with Gasteiger partial charge in [0.1, 0.15) is 6.54 Å². The fourth-order valence-corrected chi connectivity index (χ4v) is 3.53. The molecule has 2 N–H and O–H groups in total. The Bertz CT molecular complexity index is 891. The van der Waals surface area contributed by atoms with Crippen molar-refractivity contribution in [3.63, 3.8) is 0 Å². The Balaban J connectivity index is 1.90. The normalized spacial score (nSPS) is 10.6. The summed E-state index contributed by atoms with van der Waals surface area (Å²) in [6, 6.07) is 6.45. The lowest BCUT2D eigenvalue weighted by Gasteiger charge is -2.21. The van der Waals surface area contributed by atoms with Gasteiger partial charge in [-0.2, -0.15) is 0 Å². The summed E-state index contributed by atoms with van der Waals surface area (Å²) in [4.78, 5) is 42.9. The molecule has 1 aromatic carbocycles. The number of halogens is 1. The van der Waals surface area contributed by atoms with Gasteiger partial charge < -0.3 is 25.0 Å². The van der Waals surface area contributed by atoms with Crippen molar-refractivity contribution in [2.45, 2.75) is 12.8 Å². The predicted octanol–water partition coefficient (Wildman–Crippen LogP) is 2.22. The number of carbonyl (C=O) groups is 3.